The number of benzene rings is 1. The summed E-state index contributed by atoms with van der Waals surface area (Å²) in [5, 5.41) is 6.09. The highest BCUT2D eigenvalue weighted by molar-refractivity contribution is 7.89. The number of carbonyl (C=O) groups is 1. The van der Waals surface area contributed by atoms with Crippen molar-refractivity contribution in [2.45, 2.75) is 43.2 Å². The van der Waals surface area contributed by atoms with E-state index in [1.165, 1.54) is 19.1 Å². The molecule has 0 saturated carbocycles. The van der Waals surface area contributed by atoms with Gasteiger partial charge in [0.1, 0.15) is 0 Å². The first-order chi connectivity index (χ1) is 12.5. The summed E-state index contributed by atoms with van der Waals surface area (Å²) in [5.74, 6) is 0.587. The molecule has 3 N–H and O–H groups in total. The largest absolute Gasteiger partial charge is 0.490 e. The molecule has 27 heavy (non-hydrogen) atoms. The predicted molar refractivity (Wildman–Crippen MR) is 103 cm³/mol. The van der Waals surface area contributed by atoms with Crippen molar-refractivity contribution in [1.82, 2.24) is 15.4 Å². The van der Waals surface area contributed by atoms with Crippen molar-refractivity contribution in [3.63, 3.8) is 0 Å². The second-order valence-corrected chi connectivity index (χ2v) is 8.27. The molecular formula is C17H26ClN3O5S. The molecule has 1 aromatic rings. The van der Waals surface area contributed by atoms with E-state index in [0.29, 0.717) is 31.3 Å². The second-order valence-electron chi connectivity index (χ2n) is 6.55. The van der Waals surface area contributed by atoms with Crippen LogP contribution in [0.4, 0.5) is 0 Å². The lowest BCUT2D eigenvalue weighted by Crippen LogP contribution is -2.52. The van der Waals surface area contributed by atoms with Gasteiger partial charge in [-0.15, -0.1) is 12.4 Å². The lowest BCUT2D eigenvalue weighted by molar-refractivity contribution is -0.123. The number of fused-ring (bicyclic) bond motifs is 1. The van der Waals surface area contributed by atoms with E-state index < -0.39 is 16.1 Å². The van der Waals surface area contributed by atoms with E-state index in [0.717, 1.165) is 25.8 Å². The van der Waals surface area contributed by atoms with E-state index in [-0.39, 0.29) is 29.3 Å². The number of nitrogens with one attached hydrogen (secondary N) is 3. The third kappa shape index (κ3) is 5.71. The van der Waals surface area contributed by atoms with Crippen LogP contribution in [0, 0.1) is 0 Å². The molecule has 2 aliphatic rings. The Balaban J connectivity index is 0.00000261. The molecule has 0 aromatic heterocycles. The van der Waals surface area contributed by atoms with Gasteiger partial charge in [0.15, 0.2) is 11.5 Å². The molecule has 0 aliphatic carbocycles. The molecule has 0 spiro atoms. The highest BCUT2D eigenvalue weighted by Crippen LogP contribution is 2.31. The molecule has 2 aliphatic heterocycles. The number of hydrogen-bond donors (Lipinski definition) is 3. The Hall–Kier alpha value is -1.55. The van der Waals surface area contributed by atoms with E-state index in [9.17, 15) is 13.2 Å². The van der Waals surface area contributed by atoms with E-state index >= 15 is 0 Å². The minimum Gasteiger partial charge on any atom is -0.490 e. The van der Waals surface area contributed by atoms with Gasteiger partial charge in [0.2, 0.25) is 15.9 Å². The van der Waals surface area contributed by atoms with Gasteiger partial charge in [-0.2, -0.15) is 4.72 Å². The first-order valence-electron chi connectivity index (χ1n) is 8.89. The SMILES string of the molecule is CC(NS(=O)(=O)c1ccc2c(c1)OCCCO2)C(=O)NC1CCCNC1.Cl. The summed E-state index contributed by atoms with van der Waals surface area (Å²) in [7, 11) is -3.85. The van der Waals surface area contributed by atoms with Gasteiger partial charge in [-0.05, 0) is 38.4 Å². The Kier molecular flexibility index (Phi) is 7.72. The van der Waals surface area contributed by atoms with Crippen LogP contribution >= 0.6 is 12.4 Å². The number of rotatable bonds is 5. The molecule has 152 valence electrons. The Morgan fingerprint density at radius 1 is 1.22 bits per heavy atom. The highest BCUT2D eigenvalue weighted by Gasteiger charge is 2.25. The van der Waals surface area contributed by atoms with Crippen LogP contribution in [0.3, 0.4) is 0 Å². The maximum Gasteiger partial charge on any atom is 0.241 e. The maximum atomic E-state index is 12.6. The molecule has 1 amide bonds. The summed E-state index contributed by atoms with van der Waals surface area (Å²) in [6, 6.07) is 3.61. The second kappa shape index (κ2) is 9.59. The van der Waals surface area contributed by atoms with Gasteiger partial charge in [-0.1, -0.05) is 0 Å². The van der Waals surface area contributed by atoms with Crippen molar-refractivity contribution in [2.75, 3.05) is 26.3 Å². The van der Waals surface area contributed by atoms with Crippen molar-refractivity contribution in [3.05, 3.63) is 18.2 Å². The van der Waals surface area contributed by atoms with E-state index in [2.05, 4.69) is 15.4 Å². The average Bonchev–Trinajstić information content (AvgIpc) is 2.87. The number of amides is 1. The molecule has 0 radical (unpaired) electrons. The van der Waals surface area contributed by atoms with Crippen LogP contribution < -0.4 is 24.8 Å². The lowest BCUT2D eigenvalue weighted by Gasteiger charge is -2.25. The van der Waals surface area contributed by atoms with E-state index in [1.54, 1.807) is 6.07 Å². The summed E-state index contributed by atoms with van der Waals surface area (Å²) in [6.07, 6.45) is 2.62. The Morgan fingerprint density at radius 3 is 2.67 bits per heavy atom. The van der Waals surface area contributed by atoms with Gasteiger partial charge in [-0.25, -0.2) is 8.42 Å². The molecule has 10 heteroatoms. The highest BCUT2D eigenvalue weighted by atomic mass is 35.5. The Morgan fingerprint density at radius 2 is 1.96 bits per heavy atom. The maximum absolute atomic E-state index is 12.6. The van der Waals surface area contributed by atoms with Gasteiger partial charge in [0.05, 0.1) is 24.2 Å². The van der Waals surface area contributed by atoms with Crippen molar-refractivity contribution in [1.29, 1.82) is 0 Å². The Labute approximate surface area is 165 Å². The average molecular weight is 420 g/mol. The number of piperidine rings is 1. The fourth-order valence-electron chi connectivity index (χ4n) is 2.97. The molecule has 1 saturated heterocycles. The molecule has 1 fully saturated rings. The molecule has 0 bridgehead atoms. The van der Waals surface area contributed by atoms with Crippen molar-refractivity contribution in [3.8, 4) is 11.5 Å². The van der Waals surface area contributed by atoms with Gasteiger partial charge < -0.3 is 20.1 Å². The van der Waals surface area contributed by atoms with E-state index in [4.69, 9.17) is 9.47 Å². The van der Waals surface area contributed by atoms with Crippen LogP contribution in [0.1, 0.15) is 26.2 Å². The normalized spacial score (nSPS) is 20.7. The van der Waals surface area contributed by atoms with Gasteiger partial charge in [0, 0.05) is 25.1 Å². The Bertz CT molecular complexity index is 753. The first-order valence-corrected chi connectivity index (χ1v) is 10.4. The first kappa shape index (κ1) is 21.7. The lowest BCUT2D eigenvalue weighted by atomic mass is 10.1. The molecule has 2 unspecified atom stereocenters. The number of hydrogen-bond acceptors (Lipinski definition) is 6. The molecule has 3 rings (SSSR count). The fraction of sp³-hybridized carbons (Fsp3) is 0.588. The summed E-state index contributed by atoms with van der Waals surface area (Å²) in [6.45, 7) is 4.18. The van der Waals surface area contributed by atoms with Gasteiger partial charge in [0.25, 0.3) is 0 Å². The fourth-order valence-corrected chi connectivity index (χ4v) is 4.18. The minimum atomic E-state index is -3.85. The minimum absolute atomic E-state index is 0. The number of ether oxygens (including phenoxy) is 2. The molecule has 2 atom stereocenters. The predicted octanol–water partition coefficient (Wildman–Crippen LogP) is 0.805. The summed E-state index contributed by atoms with van der Waals surface area (Å²) in [4.78, 5) is 12.3. The van der Waals surface area contributed by atoms with Crippen LogP contribution in [-0.2, 0) is 14.8 Å². The monoisotopic (exact) mass is 419 g/mol. The topological polar surface area (TPSA) is 106 Å². The quantitative estimate of drug-likeness (QED) is 0.652. The zero-order chi connectivity index (χ0) is 18.6. The zero-order valence-corrected chi connectivity index (χ0v) is 16.8. The van der Waals surface area contributed by atoms with Crippen LogP contribution in [0.5, 0.6) is 11.5 Å². The third-order valence-corrected chi connectivity index (χ3v) is 5.94. The van der Waals surface area contributed by atoms with Crippen molar-refractivity contribution in [2.24, 2.45) is 0 Å². The molecular weight excluding hydrogens is 394 g/mol. The smallest absolute Gasteiger partial charge is 0.241 e. The molecule has 2 heterocycles. The van der Waals surface area contributed by atoms with Crippen LogP contribution in [-0.4, -0.2) is 52.7 Å². The number of sulfonamides is 1. The van der Waals surface area contributed by atoms with Crippen LogP contribution in [0.25, 0.3) is 0 Å². The standard InChI is InChI=1S/C17H25N3O5S.ClH/c1-12(17(21)19-13-4-2-7-18-11-13)20-26(22,23)14-5-6-15-16(10-14)25-9-3-8-24-15;/h5-6,10,12-13,18,20H,2-4,7-9,11H2,1H3,(H,19,21);1H. The summed E-state index contributed by atoms with van der Waals surface area (Å²) in [5.41, 5.74) is 0. The van der Waals surface area contributed by atoms with Gasteiger partial charge >= 0.3 is 0 Å². The van der Waals surface area contributed by atoms with Crippen LogP contribution in [0.15, 0.2) is 23.1 Å². The summed E-state index contributed by atoms with van der Waals surface area (Å²) < 4.78 is 38.7. The van der Waals surface area contributed by atoms with Crippen molar-refractivity contribution >= 4 is 28.3 Å². The third-order valence-electron chi connectivity index (χ3n) is 4.40. The van der Waals surface area contributed by atoms with Crippen molar-refractivity contribution < 1.29 is 22.7 Å². The molecule has 1 aromatic carbocycles. The summed E-state index contributed by atoms with van der Waals surface area (Å²) >= 11 is 0. The number of halogens is 1. The van der Waals surface area contributed by atoms with E-state index in [1.807, 2.05) is 0 Å². The number of carbonyl (C=O) groups excluding carboxylic acids is 1. The van der Waals surface area contributed by atoms with Crippen LogP contribution in [0.2, 0.25) is 0 Å². The molecule has 8 nitrogen and oxygen atoms in total. The van der Waals surface area contributed by atoms with Gasteiger partial charge in [-0.3, -0.25) is 4.79 Å². The zero-order valence-electron chi connectivity index (χ0n) is 15.2.